The van der Waals surface area contributed by atoms with Crippen molar-refractivity contribution in [1.29, 1.82) is 0 Å². The van der Waals surface area contributed by atoms with Crippen LogP contribution in [0.5, 0.6) is 0 Å². The van der Waals surface area contributed by atoms with Crippen LogP contribution in [0.2, 0.25) is 0 Å². The first-order valence-corrected chi connectivity index (χ1v) is 7.53. The zero-order valence-corrected chi connectivity index (χ0v) is 13.1. The van der Waals surface area contributed by atoms with Gasteiger partial charge < -0.3 is 10.2 Å². The Morgan fingerprint density at radius 1 is 1.37 bits per heavy atom. The Kier molecular flexibility index (Phi) is 4.99. The van der Waals surface area contributed by atoms with Crippen molar-refractivity contribution in [3.8, 4) is 0 Å². The average molecular weight is 325 g/mol. The van der Waals surface area contributed by atoms with E-state index in [2.05, 4.69) is 40.2 Å². The van der Waals surface area contributed by atoms with E-state index in [0.717, 1.165) is 22.5 Å². The third-order valence-electron chi connectivity index (χ3n) is 3.62. The number of hydrogen-bond acceptors (Lipinski definition) is 2. The number of halogens is 1. The highest BCUT2D eigenvalue weighted by Gasteiger charge is 2.32. The lowest BCUT2D eigenvalue weighted by atomic mass is 10.1. The summed E-state index contributed by atoms with van der Waals surface area (Å²) in [4.78, 5) is 14.1. The quantitative estimate of drug-likeness (QED) is 0.871. The molecule has 1 aromatic rings. The lowest BCUT2D eigenvalue weighted by molar-refractivity contribution is -0.120. The molecule has 4 heteroatoms. The summed E-state index contributed by atoms with van der Waals surface area (Å²) in [6, 6.07) is 8.38. The maximum absolute atomic E-state index is 11.9. The summed E-state index contributed by atoms with van der Waals surface area (Å²) < 4.78 is 1.04. The number of rotatable bonds is 6. The zero-order chi connectivity index (χ0) is 13.8. The lowest BCUT2D eigenvalue weighted by Gasteiger charge is -2.24. The van der Waals surface area contributed by atoms with Crippen LogP contribution in [0.3, 0.4) is 0 Å². The Labute approximate surface area is 123 Å². The highest BCUT2D eigenvalue weighted by molar-refractivity contribution is 9.10. The fourth-order valence-electron chi connectivity index (χ4n) is 2.32. The van der Waals surface area contributed by atoms with Gasteiger partial charge in [0.15, 0.2) is 0 Å². The number of carbonyl (C=O) groups excluding carboxylic acids is 1. The smallest absolute Gasteiger partial charge is 0.224 e. The van der Waals surface area contributed by atoms with Gasteiger partial charge in [0, 0.05) is 17.1 Å². The van der Waals surface area contributed by atoms with E-state index in [0.29, 0.717) is 12.5 Å². The van der Waals surface area contributed by atoms with Crippen LogP contribution in [0.4, 0.5) is 0 Å². The minimum atomic E-state index is 0.106. The van der Waals surface area contributed by atoms with E-state index >= 15 is 0 Å². The van der Waals surface area contributed by atoms with Crippen molar-refractivity contribution in [1.82, 2.24) is 10.2 Å². The van der Waals surface area contributed by atoms with Crippen LogP contribution in [0.25, 0.3) is 0 Å². The predicted molar refractivity (Wildman–Crippen MR) is 81.1 cm³/mol. The van der Waals surface area contributed by atoms with Gasteiger partial charge in [0.1, 0.15) is 0 Å². The predicted octanol–water partition coefficient (Wildman–Crippen LogP) is 2.45. The minimum absolute atomic E-state index is 0.106. The maximum atomic E-state index is 11.9. The summed E-state index contributed by atoms with van der Waals surface area (Å²) >= 11 is 3.39. The maximum Gasteiger partial charge on any atom is 0.224 e. The molecule has 1 amide bonds. The highest BCUT2D eigenvalue weighted by atomic mass is 79.9. The molecule has 19 heavy (non-hydrogen) atoms. The van der Waals surface area contributed by atoms with Crippen LogP contribution in [0.1, 0.15) is 18.4 Å². The van der Waals surface area contributed by atoms with Crippen molar-refractivity contribution < 1.29 is 4.79 Å². The molecule has 1 N–H and O–H groups in total. The van der Waals surface area contributed by atoms with Gasteiger partial charge in [-0.15, -0.1) is 0 Å². The van der Waals surface area contributed by atoms with Crippen molar-refractivity contribution in [3.63, 3.8) is 0 Å². The molecule has 0 aliphatic heterocycles. The molecule has 0 heterocycles. The number of amides is 1. The van der Waals surface area contributed by atoms with Crippen LogP contribution < -0.4 is 5.32 Å². The standard InChI is InChI=1S/C15H21BrN2O/c1-18(2)14(12-5-6-12)10-17-15(19)9-11-3-7-13(16)8-4-11/h3-4,7-8,12,14H,5-6,9-10H2,1-2H3,(H,17,19)/t14-/m0/s1. The molecule has 3 nitrogen and oxygen atoms in total. The fourth-order valence-corrected chi connectivity index (χ4v) is 2.58. The van der Waals surface area contributed by atoms with Crippen molar-refractivity contribution in [2.45, 2.75) is 25.3 Å². The monoisotopic (exact) mass is 324 g/mol. The van der Waals surface area contributed by atoms with Crippen LogP contribution in [0, 0.1) is 5.92 Å². The summed E-state index contributed by atoms with van der Waals surface area (Å²) in [5, 5.41) is 3.06. The first kappa shape index (κ1) is 14.5. The van der Waals surface area contributed by atoms with Crippen LogP contribution in [0.15, 0.2) is 28.7 Å². The Morgan fingerprint density at radius 3 is 2.53 bits per heavy atom. The molecular weight excluding hydrogens is 304 g/mol. The third kappa shape index (κ3) is 4.62. The first-order chi connectivity index (χ1) is 9.06. The van der Waals surface area contributed by atoms with Crippen molar-refractivity contribution in [3.05, 3.63) is 34.3 Å². The second-order valence-corrected chi connectivity index (χ2v) is 6.39. The molecule has 1 aromatic carbocycles. The molecule has 0 radical (unpaired) electrons. The lowest BCUT2D eigenvalue weighted by Crippen LogP contribution is -2.42. The van der Waals surface area contributed by atoms with E-state index in [9.17, 15) is 4.79 Å². The van der Waals surface area contributed by atoms with Gasteiger partial charge >= 0.3 is 0 Å². The molecular formula is C15H21BrN2O. The Morgan fingerprint density at radius 2 is 2.00 bits per heavy atom. The van der Waals surface area contributed by atoms with Gasteiger partial charge in [-0.2, -0.15) is 0 Å². The highest BCUT2D eigenvalue weighted by Crippen LogP contribution is 2.34. The largest absolute Gasteiger partial charge is 0.354 e. The summed E-state index contributed by atoms with van der Waals surface area (Å²) in [7, 11) is 4.17. The molecule has 1 aliphatic rings. The summed E-state index contributed by atoms with van der Waals surface area (Å²) in [6.45, 7) is 0.757. The van der Waals surface area contributed by atoms with Gasteiger partial charge in [-0.1, -0.05) is 28.1 Å². The van der Waals surface area contributed by atoms with Crippen molar-refractivity contribution in [2.75, 3.05) is 20.6 Å². The third-order valence-corrected chi connectivity index (χ3v) is 4.14. The zero-order valence-electron chi connectivity index (χ0n) is 11.5. The summed E-state index contributed by atoms with van der Waals surface area (Å²) in [5.74, 6) is 0.873. The van der Waals surface area contributed by atoms with E-state index in [-0.39, 0.29) is 5.91 Å². The minimum Gasteiger partial charge on any atom is -0.354 e. The van der Waals surface area contributed by atoms with E-state index in [1.165, 1.54) is 12.8 Å². The van der Waals surface area contributed by atoms with E-state index in [1.807, 2.05) is 24.3 Å². The van der Waals surface area contributed by atoms with Crippen LogP contribution >= 0.6 is 15.9 Å². The summed E-state index contributed by atoms with van der Waals surface area (Å²) in [6.07, 6.45) is 3.05. The van der Waals surface area contributed by atoms with E-state index in [1.54, 1.807) is 0 Å². The molecule has 104 valence electrons. The van der Waals surface area contributed by atoms with Gasteiger partial charge in [0.25, 0.3) is 0 Å². The topological polar surface area (TPSA) is 32.3 Å². The molecule has 0 saturated heterocycles. The number of carbonyl (C=O) groups is 1. The van der Waals surface area contributed by atoms with Gasteiger partial charge in [0.05, 0.1) is 6.42 Å². The molecule has 0 aromatic heterocycles. The molecule has 0 bridgehead atoms. The number of hydrogen-bond donors (Lipinski definition) is 1. The Hall–Kier alpha value is -0.870. The van der Waals surface area contributed by atoms with E-state index < -0.39 is 0 Å². The Bertz CT molecular complexity index is 424. The molecule has 1 atom stereocenters. The summed E-state index contributed by atoms with van der Waals surface area (Å²) in [5.41, 5.74) is 1.05. The van der Waals surface area contributed by atoms with Crippen LogP contribution in [-0.2, 0) is 11.2 Å². The molecule has 2 rings (SSSR count). The number of nitrogens with zero attached hydrogens (tertiary/aromatic N) is 1. The van der Waals surface area contributed by atoms with E-state index in [4.69, 9.17) is 0 Å². The van der Waals surface area contributed by atoms with Gasteiger partial charge in [-0.3, -0.25) is 4.79 Å². The molecule has 1 saturated carbocycles. The number of likely N-dealkylation sites (N-methyl/N-ethyl adjacent to an activating group) is 1. The van der Waals surface area contributed by atoms with Gasteiger partial charge in [-0.25, -0.2) is 0 Å². The number of nitrogens with one attached hydrogen (secondary N) is 1. The normalized spacial score (nSPS) is 16.4. The average Bonchev–Trinajstić information content (AvgIpc) is 3.16. The molecule has 1 aliphatic carbocycles. The SMILES string of the molecule is CN(C)[C@@H](CNC(=O)Cc1ccc(Br)cc1)C1CC1. The van der Waals surface area contributed by atoms with Crippen molar-refractivity contribution >= 4 is 21.8 Å². The van der Waals surface area contributed by atoms with Crippen molar-refractivity contribution in [2.24, 2.45) is 5.92 Å². The fraction of sp³-hybridized carbons (Fsp3) is 0.533. The number of benzene rings is 1. The molecule has 0 unspecified atom stereocenters. The second kappa shape index (κ2) is 6.53. The van der Waals surface area contributed by atoms with Gasteiger partial charge in [-0.05, 0) is 50.6 Å². The first-order valence-electron chi connectivity index (χ1n) is 6.74. The van der Waals surface area contributed by atoms with Crippen LogP contribution in [-0.4, -0.2) is 37.5 Å². The molecule has 1 fully saturated rings. The second-order valence-electron chi connectivity index (χ2n) is 5.48. The van der Waals surface area contributed by atoms with Gasteiger partial charge in [0.2, 0.25) is 5.91 Å². The molecule has 0 spiro atoms. The Balaban J connectivity index is 1.79.